The van der Waals surface area contributed by atoms with Gasteiger partial charge in [-0.3, -0.25) is 14.2 Å². The highest BCUT2D eigenvalue weighted by atomic mass is 16.7. The first-order chi connectivity index (χ1) is 13.0. The van der Waals surface area contributed by atoms with Crippen LogP contribution in [-0.4, -0.2) is 39.7 Å². The molecule has 2 aromatic rings. The number of nitrogens with zero attached hydrogens (tertiary/aromatic N) is 2. The van der Waals surface area contributed by atoms with Gasteiger partial charge in [-0.2, -0.15) is 0 Å². The molecule has 27 heavy (non-hydrogen) atoms. The molecule has 1 amide bonds. The Morgan fingerprint density at radius 1 is 1.22 bits per heavy atom. The first-order valence-electron chi connectivity index (χ1n) is 9.06. The molecule has 0 bridgehead atoms. The number of rotatable bonds is 3. The number of carbonyl (C=O) groups is 1. The third-order valence-electron chi connectivity index (χ3n) is 5.13. The first kappa shape index (κ1) is 17.4. The van der Waals surface area contributed by atoms with Crippen molar-refractivity contribution >= 4 is 5.91 Å². The van der Waals surface area contributed by atoms with E-state index in [0.29, 0.717) is 23.6 Å². The molecule has 8 nitrogen and oxygen atoms in total. The van der Waals surface area contributed by atoms with Crippen LogP contribution in [0.15, 0.2) is 34.0 Å². The lowest BCUT2D eigenvalue weighted by atomic mass is 10.0. The summed E-state index contributed by atoms with van der Waals surface area (Å²) in [4.78, 5) is 42.2. The van der Waals surface area contributed by atoms with Gasteiger partial charge in [-0.05, 0) is 43.9 Å². The second kappa shape index (κ2) is 6.94. The summed E-state index contributed by atoms with van der Waals surface area (Å²) in [6.07, 6.45) is 4.14. The summed E-state index contributed by atoms with van der Waals surface area (Å²) in [7, 11) is 0. The molecule has 0 aliphatic carbocycles. The van der Waals surface area contributed by atoms with Crippen molar-refractivity contribution < 1.29 is 14.3 Å². The molecule has 1 fully saturated rings. The molecule has 0 spiro atoms. The summed E-state index contributed by atoms with van der Waals surface area (Å²) in [5, 5.41) is 0. The number of H-pyrrole nitrogens is 1. The second-order valence-corrected chi connectivity index (χ2v) is 6.93. The number of piperidine rings is 1. The maximum atomic E-state index is 12.9. The number of hydrogen-bond acceptors (Lipinski definition) is 5. The maximum absolute atomic E-state index is 12.9. The maximum Gasteiger partial charge on any atom is 0.328 e. The van der Waals surface area contributed by atoms with Crippen LogP contribution in [0.2, 0.25) is 0 Å². The van der Waals surface area contributed by atoms with E-state index in [1.165, 1.54) is 6.20 Å². The largest absolute Gasteiger partial charge is 0.454 e. The highest BCUT2D eigenvalue weighted by Crippen LogP contribution is 2.32. The standard InChI is InChI=1S/C19H21N3O5/c1-12-4-2-3-7-21(12)17(23)14-9-20-19(25)22(18(14)24)10-13-5-6-15-16(8-13)27-11-26-15/h5-6,8-9,12H,2-4,7,10-11H2,1H3,(H,20,25). The molecule has 1 atom stereocenters. The van der Waals surface area contributed by atoms with Gasteiger partial charge >= 0.3 is 5.69 Å². The lowest BCUT2D eigenvalue weighted by Crippen LogP contribution is -2.46. The Morgan fingerprint density at radius 3 is 2.85 bits per heavy atom. The zero-order valence-electron chi connectivity index (χ0n) is 15.1. The van der Waals surface area contributed by atoms with Gasteiger partial charge in [-0.1, -0.05) is 6.07 Å². The van der Waals surface area contributed by atoms with Crippen LogP contribution < -0.4 is 20.7 Å². The molecule has 3 heterocycles. The van der Waals surface area contributed by atoms with Gasteiger partial charge in [0, 0.05) is 18.8 Å². The third-order valence-corrected chi connectivity index (χ3v) is 5.13. The van der Waals surface area contributed by atoms with E-state index in [-0.39, 0.29) is 30.9 Å². The van der Waals surface area contributed by atoms with Gasteiger partial charge in [-0.15, -0.1) is 0 Å². The number of likely N-dealkylation sites (tertiary alicyclic amines) is 1. The van der Waals surface area contributed by atoms with Crippen molar-refractivity contribution in [1.82, 2.24) is 14.5 Å². The van der Waals surface area contributed by atoms with E-state index in [2.05, 4.69) is 4.98 Å². The highest BCUT2D eigenvalue weighted by molar-refractivity contribution is 5.93. The Kier molecular flexibility index (Phi) is 4.47. The molecule has 0 saturated carbocycles. The van der Waals surface area contributed by atoms with E-state index < -0.39 is 11.2 Å². The average Bonchev–Trinajstić information content (AvgIpc) is 3.13. The van der Waals surface area contributed by atoms with Crippen molar-refractivity contribution in [2.24, 2.45) is 0 Å². The Labute approximate surface area is 155 Å². The molecule has 142 valence electrons. The number of aromatic nitrogens is 2. The van der Waals surface area contributed by atoms with E-state index in [9.17, 15) is 14.4 Å². The zero-order chi connectivity index (χ0) is 19.0. The molecule has 0 radical (unpaired) electrons. The average molecular weight is 371 g/mol. The number of ether oxygens (including phenoxy) is 2. The lowest BCUT2D eigenvalue weighted by molar-refractivity contribution is 0.0632. The van der Waals surface area contributed by atoms with Gasteiger partial charge in [0.25, 0.3) is 11.5 Å². The summed E-state index contributed by atoms with van der Waals surface area (Å²) in [6, 6.07) is 5.32. The minimum absolute atomic E-state index is 0.0101. The summed E-state index contributed by atoms with van der Waals surface area (Å²) < 4.78 is 11.6. The van der Waals surface area contributed by atoms with Crippen molar-refractivity contribution in [1.29, 1.82) is 0 Å². The Balaban J connectivity index is 1.66. The number of nitrogens with one attached hydrogen (secondary N) is 1. The van der Waals surface area contributed by atoms with Gasteiger partial charge in [-0.25, -0.2) is 4.79 Å². The fraction of sp³-hybridized carbons (Fsp3) is 0.421. The summed E-state index contributed by atoms with van der Waals surface area (Å²) in [6.45, 7) is 2.80. The van der Waals surface area contributed by atoms with Crippen LogP contribution >= 0.6 is 0 Å². The molecule has 1 unspecified atom stereocenters. The number of aromatic amines is 1. The minimum atomic E-state index is -0.584. The van der Waals surface area contributed by atoms with Crippen LogP contribution in [0.25, 0.3) is 0 Å². The molecule has 1 N–H and O–H groups in total. The van der Waals surface area contributed by atoms with Gasteiger partial charge < -0.3 is 19.4 Å². The molecular weight excluding hydrogens is 350 g/mol. The van der Waals surface area contributed by atoms with Gasteiger partial charge in [0.2, 0.25) is 6.79 Å². The van der Waals surface area contributed by atoms with Gasteiger partial charge in [0.15, 0.2) is 11.5 Å². The molecule has 2 aliphatic rings. The predicted molar refractivity (Wildman–Crippen MR) is 97.3 cm³/mol. The Hall–Kier alpha value is -3.03. The molecular formula is C19H21N3O5. The number of hydrogen-bond donors (Lipinski definition) is 1. The molecule has 1 saturated heterocycles. The van der Waals surface area contributed by atoms with Crippen LogP contribution in [0.1, 0.15) is 42.1 Å². The fourth-order valence-corrected chi connectivity index (χ4v) is 3.58. The summed E-state index contributed by atoms with van der Waals surface area (Å²) >= 11 is 0. The topological polar surface area (TPSA) is 93.6 Å². The summed E-state index contributed by atoms with van der Waals surface area (Å²) in [5.41, 5.74) is -0.438. The van der Waals surface area contributed by atoms with Crippen molar-refractivity contribution in [2.45, 2.75) is 38.8 Å². The highest BCUT2D eigenvalue weighted by Gasteiger charge is 2.27. The van der Waals surface area contributed by atoms with E-state index in [0.717, 1.165) is 23.8 Å². The van der Waals surface area contributed by atoms with Crippen molar-refractivity contribution in [2.75, 3.05) is 13.3 Å². The van der Waals surface area contributed by atoms with Crippen LogP contribution in [0.5, 0.6) is 11.5 Å². The van der Waals surface area contributed by atoms with Crippen LogP contribution in [0.3, 0.4) is 0 Å². The van der Waals surface area contributed by atoms with Crippen LogP contribution in [0, 0.1) is 0 Å². The fourth-order valence-electron chi connectivity index (χ4n) is 3.58. The molecule has 1 aromatic carbocycles. The number of amides is 1. The SMILES string of the molecule is CC1CCCCN1C(=O)c1c[nH]c(=O)n(Cc2ccc3c(c2)OCO3)c1=O. The third kappa shape index (κ3) is 3.22. The molecule has 4 rings (SSSR count). The number of carbonyl (C=O) groups excluding carboxylic acids is 1. The Bertz CT molecular complexity index is 994. The molecule has 8 heteroatoms. The Morgan fingerprint density at radius 2 is 2.04 bits per heavy atom. The smallest absolute Gasteiger partial charge is 0.328 e. The lowest BCUT2D eigenvalue weighted by Gasteiger charge is -2.33. The van der Waals surface area contributed by atoms with Gasteiger partial charge in [0.1, 0.15) is 5.56 Å². The number of fused-ring (bicyclic) bond motifs is 1. The van der Waals surface area contributed by atoms with E-state index in [4.69, 9.17) is 9.47 Å². The minimum Gasteiger partial charge on any atom is -0.454 e. The van der Waals surface area contributed by atoms with E-state index in [1.807, 2.05) is 6.92 Å². The predicted octanol–water partition coefficient (Wildman–Crippen LogP) is 1.33. The quantitative estimate of drug-likeness (QED) is 0.879. The number of benzene rings is 1. The van der Waals surface area contributed by atoms with Crippen molar-refractivity contribution in [3.8, 4) is 11.5 Å². The first-order valence-corrected chi connectivity index (χ1v) is 9.06. The van der Waals surface area contributed by atoms with E-state index >= 15 is 0 Å². The normalized spacial score (nSPS) is 18.6. The van der Waals surface area contributed by atoms with Crippen molar-refractivity contribution in [3.63, 3.8) is 0 Å². The molecule has 1 aromatic heterocycles. The zero-order valence-corrected chi connectivity index (χ0v) is 15.1. The summed E-state index contributed by atoms with van der Waals surface area (Å²) in [5.74, 6) is 0.872. The second-order valence-electron chi connectivity index (χ2n) is 6.93. The monoisotopic (exact) mass is 371 g/mol. The molecule has 2 aliphatic heterocycles. The van der Waals surface area contributed by atoms with E-state index in [1.54, 1.807) is 23.1 Å². The van der Waals surface area contributed by atoms with Crippen LogP contribution in [-0.2, 0) is 6.54 Å². The van der Waals surface area contributed by atoms with Crippen molar-refractivity contribution in [3.05, 3.63) is 56.4 Å². The van der Waals surface area contributed by atoms with Gasteiger partial charge in [0.05, 0.1) is 6.54 Å². The van der Waals surface area contributed by atoms with Crippen LogP contribution in [0.4, 0.5) is 0 Å².